The lowest BCUT2D eigenvalue weighted by Gasteiger charge is -2.13. The molecule has 0 aliphatic rings. The van der Waals surface area contributed by atoms with Crippen molar-refractivity contribution in [2.75, 3.05) is 0 Å². The van der Waals surface area contributed by atoms with Crippen LogP contribution in [-0.2, 0) is 12.8 Å². The molecule has 0 amide bonds. The van der Waals surface area contributed by atoms with E-state index >= 15 is 0 Å². The molecular formula is C8H5F6NO. The second-order valence-electron chi connectivity index (χ2n) is 2.83. The smallest absolute Gasteiger partial charge is 0.390 e. The van der Waals surface area contributed by atoms with Crippen molar-refractivity contribution < 1.29 is 31.4 Å². The van der Waals surface area contributed by atoms with E-state index in [0.29, 0.717) is 6.07 Å². The molecule has 0 saturated heterocycles. The monoisotopic (exact) mass is 245 g/mol. The second kappa shape index (κ2) is 4.28. The molecular weight excluding hydrogens is 240 g/mol. The van der Waals surface area contributed by atoms with Gasteiger partial charge in [0.1, 0.15) is 5.56 Å². The number of rotatable bonds is 2. The Kier molecular flexibility index (Phi) is 3.41. The minimum absolute atomic E-state index is 0.330. The minimum Gasteiger partial charge on any atom is -0.390 e. The number of aliphatic hydroxyl groups excluding tert-OH is 1. The van der Waals surface area contributed by atoms with Crippen LogP contribution in [0.5, 0.6) is 0 Å². The summed E-state index contributed by atoms with van der Waals surface area (Å²) in [5.74, 6) is -2.06. The van der Waals surface area contributed by atoms with Crippen molar-refractivity contribution in [3.63, 3.8) is 0 Å². The van der Waals surface area contributed by atoms with Gasteiger partial charge in [0, 0.05) is 5.56 Å². The second-order valence-corrected chi connectivity index (χ2v) is 2.83. The van der Waals surface area contributed by atoms with E-state index in [-0.39, 0.29) is 0 Å². The fourth-order valence-electron chi connectivity index (χ4n) is 1.12. The average Bonchev–Trinajstić information content (AvgIpc) is 2.14. The van der Waals surface area contributed by atoms with E-state index in [1.807, 2.05) is 0 Å². The topological polar surface area (TPSA) is 33.1 Å². The van der Waals surface area contributed by atoms with E-state index in [4.69, 9.17) is 5.11 Å². The maximum absolute atomic E-state index is 12.9. The zero-order valence-corrected chi connectivity index (χ0v) is 7.52. The number of halogens is 6. The number of hydrogen-bond acceptors (Lipinski definition) is 2. The van der Waals surface area contributed by atoms with Gasteiger partial charge in [0.15, 0.2) is 0 Å². The largest absolute Gasteiger partial charge is 0.421 e. The Morgan fingerprint density at radius 1 is 1.31 bits per heavy atom. The Hall–Kier alpha value is -1.31. The molecule has 0 aromatic carbocycles. The Morgan fingerprint density at radius 3 is 2.25 bits per heavy atom. The summed E-state index contributed by atoms with van der Waals surface area (Å²) in [5, 5.41) is 8.51. The Morgan fingerprint density at radius 2 is 1.88 bits per heavy atom. The molecule has 8 heteroatoms. The summed E-state index contributed by atoms with van der Waals surface area (Å²) >= 11 is 0. The van der Waals surface area contributed by atoms with Gasteiger partial charge >= 0.3 is 6.18 Å². The Balaban J connectivity index is 3.46. The molecule has 16 heavy (non-hydrogen) atoms. The van der Waals surface area contributed by atoms with Crippen LogP contribution in [0.25, 0.3) is 0 Å². The van der Waals surface area contributed by atoms with Crippen LogP contribution in [-0.4, -0.2) is 10.1 Å². The summed E-state index contributed by atoms with van der Waals surface area (Å²) in [4.78, 5) is 2.73. The fraction of sp³-hybridized carbons (Fsp3) is 0.375. The van der Waals surface area contributed by atoms with Gasteiger partial charge in [0.25, 0.3) is 6.43 Å². The van der Waals surface area contributed by atoms with Gasteiger partial charge in [-0.25, -0.2) is 13.8 Å². The third kappa shape index (κ3) is 2.43. The SMILES string of the molecule is OCc1cc(C(F)F)c(C(F)(F)F)c(F)n1. The van der Waals surface area contributed by atoms with Gasteiger partial charge in [0.05, 0.1) is 12.3 Å². The zero-order chi connectivity index (χ0) is 12.5. The normalized spacial score (nSPS) is 12.2. The van der Waals surface area contributed by atoms with Gasteiger partial charge in [-0.3, -0.25) is 0 Å². The molecule has 0 saturated carbocycles. The first kappa shape index (κ1) is 12.8. The molecule has 2 nitrogen and oxygen atoms in total. The van der Waals surface area contributed by atoms with Crippen LogP contribution in [0.15, 0.2) is 6.07 Å². The van der Waals surface area contributed by atoms with Gasteiger partial charge in [0.2, 0.25) is 5.95 Å². The first-order valence-corrected chi connectivity index (χ1v) is 3.93. The molecule has 0 aliphatic heterocycles. The highest BCUT2D eigenvalue weighted by atomic mass is 19.4. The summed E-state index contributed by atoms with van der Waals surface area (Å²) in [6.45, 7) is -0.922. The first-order valence-electron chi connectivity index (χ1n) is 3.93. The highest BCUT2D eigenvalue weighted by molar-refractivity contribution is 5.31. The zero-order valence-electron chi connectivity index (χ0n) is 7.52. The van der Waals surface area contributed by atoms with E-state index < -0.39 is 42.0 Å². The van der Waals surface area contributed by atoms with Crippen molar-refractivity contribution in [1.29, 1.82) is 0 Å². The highest BCUT2D eigenvalue weighted by Crippen LogP contribution is 2.37. The van der Waals surface area contributed by atoms with E-state index in [1.165, 1.54) is 0 Å². The number of alkyl halides is 5. The van der Waals surface area contributed by atoms with Crippen LogP contribution in [0.1, 0.15) is 23.2 Å². The van der Waals surface area contributed by atoms with Crippen LogP contribution in [0, 0.1) is 5.95 Å². The van der Waals surface area contributed by atoms with Crippen LogP contribution >= 0.6 is 0 Å². The van der Waals surface area contributed by atoms with E-state index in [1.54, 1.807) is 0 Å². The minimum atomic E-state index is -5.25. The van der Waals surface area contributed by atoms with Gasteiger partial charge < -0.3 is 5.11 Å². The standard InChI is InChI=1S/C8H5F6NO/c9-6(10)4-1-3(2-16)15-7(11)5(4)8(12,13)14/h1,6,16H,2H2. The lowest BCUT2D eigenvalue weighted by atomic mass is 10.1. The molecule has 1 aromatic heterocycles. The third-order valence-electron chi connectivity index (χ3n) is 1.74. The maximum Gasteiger partial charge on any atom is 0.421 e. The van der Waals surface area contributed by atoms with E-state index in [2.05, 4.69) is 4.98 Å². The quantitative estimate of drug-likeness (QED) is 0.641. The number of nitrogens with zero attached hydrogens (tertiary/aromatic N) is 1. The van der Waals surface area contributed by atoms with Crippen molar-refractivity contribution in [2.24, 2.45) is 0 Å². The summed E-state index contributed by atoms with van der Waals surface area (Å²) in [7, 11) is 0. The lowest BCUT2D eigenvalue weighted by Crippen LogP contribution is -2.15. The highest BCUT2D eigenvalue weighted by Gasteiger charge is 2.40. The van der Waals surface area contributed by atoms with Crippen molar-refractivity contribution in [1.82, 2.24) is 4.98 Å². The van der Waals surface area contributed by atoms with Crippen molar-refractivity contribution in [3.8, 4) is 0 Å². The average molecular weight is 245 g/mol. The molecule has 0 spiro atoms. The number of aromatic nitrogens is 1. The number of aliphatic hydroxyl groups is 1. The van der Waals surface area contributed by atoms with Crippen LogP contribution in [0.4, 0.5) is 26.3 Å². The molecule has 1 rings (SSSR count). The van der Waals surface area contributed by atoms with Crippen molar-refractivity contribution >= 4 is 0 Å². The summed E-state index contributed by atoms with van der Waals surface area (Å²) in [6, 6.07) is 0.330. The molecule has 1 heterocycles. The van der Waals surface area contributed by atoms with E-state index in [9.17, 15) is 26.3 Å². The molecule has 0 unspecified atom stereocenters. The van der Waals surface area contributed by atoms with Crippen LogP contribution in [0.2, 0.25) is 0 Å². The molecule has 1 aromatic rings. The fourth-order valence-corrected chi connectivity index (χ4v) is 1.12. The summed E-state index contributed by atoms with van der Waals surface area (Å²) in [6.07, 6.45) is -8.75. The molecule has 0 radical (unpaired) electrons. The molecule has 0 fully saturated rings. The van der Waals surface area contributed by atoms with Gasteiger partial charge in [-0.1, -0.05) is 0 Å². The first-order chi connectivity index (χ1) is 7.27. The maximum atomic E-state index is 12.9. The Labute approximate surface area is 85.5 Å². The van der Waals surface area contributed by atoms with Gasteiger partial charge in [-0.05, 0) is 6.07 Å². The van der Waals surface area contributed by atoms with E-state index in [0.717, 1.165) is 0 Å². The molecule has 0 bridgehead atoms. The van der Waals surface area contributed by atoms with Crippen molar-refractivity contribution in [2.45, 2.75) is 19.2 Å². The van der Waals surface area contributed by atoms with Crippen LogP contribution < -0.4 is 0 Å². The van der Waals surface area contributed by atoms with Gasteiger partial charge in [-0.15, -0.1) is 0 Å². The summed E-state index contributed by atoms with van der Waals surface area (Å²) in [5.41, 5.74) is -4.20. The summed E-state index contributed by atoms with van der Waals surface area (Å²) < 4.78 is 74.1. The third-order valence-corrected chi connectivity index (χ3v) is 1.74. The predicted molar refractivity (Wildman–Crippen MR) is 40.1 cm³/mol. The molecule has 0 atom stereocenters. The molecule has 0 aliphatic carbocycles. The molecule has 90 valence electrons. The Bertz CT molecular complexity index is 389. The molecule has 1 N–H and O–H groups in total. The van der Waals surface area contributed by atoms with Gasteiger partial charge in [-0.2, -0.15) is 17.6 Å². The van der Waals surface area contributed by atoms with Crippen molar-refractivity contribution in [3.05, 3.63) is 28.8 Å². The van der Waals surface area contributed by atoms with Crippen LogP contribution in [0.3, 0.4) is 0 Å². The number of hydrogen-bond donors (Lipinski definition) is 1. The predicted octanol–water partition coefficient (Wildman–Crippen LogP) is 2.67. The number of pyridine rings is 1. The lowest BCUT2D eigenvalue weighted by molar-refractivity contribution is -0.142.